The van der Waals surface area contributed by atoms with Crippen LogP contribution in [0.5, 0.6) is 0 Å². The van der Waals surface area contributed by atoms with Gasteiger partial charge in [0.05, 0.1) is 0 Å². The zero-order valence-electron chi connectivity index (χ0n) is 12.4. The highest BCUT2D eigenvalue weighted by atomic mass is 32.2. The Balaban J connectivity index is 2.91. The van der Waals surface area contributed by atoms with Gasteiger partial charge in [-0.2, -0.15) is 8.42 Å². The van der Waals surface area contributed by atoms with Gasteiger partial charge in [-0.05, 0) is 17.2 Å². The summed E-state index contributed by atoms with van der Waals surface area (Å²) in [6, 6.07) is 12.3. The minimum atomic E-state index is -4.72. The molecule has 0 radical (unpaired) electrons. The zero-order chi connectivity index (χ0) is 15.9. The molecule has 2 rings (SSSR count). The van der Waals surface area contributed by atoms with E-state index in [1.165, 1.54) is 0 Å². The molecule has 1 unspecified atom stereocenters. The van der Waals surface area contributed by atoms with Crippen LogP contribution in [-0.4, -0.2) is 18.1 Å². The van der Waals surface area contributed by atoms with Crippen LogP contribution in [0.4, 0.5) is 0 Å². The molecular formula is C16H20O4S. The maximum atomic E-state index is 12.0. The second kappa shape index (κ2) is 5.09. The van der Waals surface area contributed by atoms with Crippen LogP contribution < -0.4 is 0 Å². The third-order valence-corrected chi connectivity index (χ3v) is 5.85. The monoisotopic (exact) mass is 308 g/mol. The fourth-order valence-electron chi connectivity index (χ4n) is 2.61. The van der Waals surface area contributed by atoms with Crippen molar-refractivity contribution >= 4 is 20.9 Å². The summed E-state index contributed by atoms with van der Waals surface area (Å²) in [7, 11) is -4.72. The predicted molar refractivity (Wildman–Crippen MR) is 83.5 cm³/mol. The molecule has 2 N–H and O–H groups in total. The Kier molecular flexibility index (Phi) is 3.86. The first kappa shape index (κ1) is 15.9. The van der Waals surface area contributed by atoms with Crippen LogP contribution in [0, 0.1) is 5.41 Å². The molecule has 0 fully saturated rings. The van der Waals surface area contributed by atoms with Crippen LogP contribution in [0.15, 0.2) is 42.5 Å². The quantitative estimate of drug-likeness (QED) is 0.850. The van der Waals surface area contributed by atoms with Gasteiger partial charge in [0.15, 0.2) is 0 Å². The smallest absolute Gasteiger partial charge is 0.300 e. The van der Waals surface area contributed by atoms with Gasteiger partial charge < -0.3 is 5.11 Å². The number of hydrogen-bond acceptors (Lipinski definition) is 3. The molecule has 114 valence electrons. The standard InChI is InChI=1S/C16H20O4S/c1-4-15(2,3)16(17,21(18,19)20)14-11-7-9-12-8-5-6-10-13(12)14/h5-11,17H,4H2,1-3H3,(H,18,19,20). The second-order valence-electron chi connectivity index (χ2n) is 5.88. The van der Waals surface area contributed by atoms with Crippen molar-refractivity contribution in [2.45, 2.75) is 32.1 Å². The van der Waals surface area contributed by atoms with Crippen LogP contribution in [-0.2, 0) is 15.1 Å². The summed E-state index contributed by atoms with van der Waals surface area (Å²) in [5.74, 6) is 0. The lowest BCUT2D eigenvalue weighted by atomic mass is 9.78. The van der Waals surface area contributed by atoms with Gasteiger partial charge in [0.1, 0.15) is 0 Å². The lowest BCUT2D eigenvalue weighted by molar-refractivity contribution is -0.00581. The molecular weight excluding hydrogens is 288 g/mol. The van der Waals surface area contributed by atoms with Gasteiger partial charge in [0.25, 0.3) is 10.1 Å². The summed E-state index contributed by atoms with van der Waals surface area (Å²) in [6.45, 7) is 5.03. The topological polar surface area (TPSA) is 74.6 Å². The highest BCUT2D eigenvalue weighted by molar-refractivity contribution is 7.86. The van der Waals surface area contributed by atoms with Crippen LogP contribution in [0.25, 0.3) is 10.8 Å². The van der Waals surface area contributed by atoms with Gasteiger partial charge in [-0.3, -0.25) is 4.55 Å². The second-order valence-corrected chi connectivity index (χ2v) is 7.42. The fraction of sp³-hybridized carbons (Fsp3) is 0.375. The van der Waals surface area contributed by atoms with Gasteiger partial charge in [-0.25, -0.2) is 0 Å². The van der Waals surface area contributed by atoms with E-state index in [0.717, 1.165) is 5.39 Å². The summed E-state index contributed by atoms with van der Waals surface area (Å²) in [5, 5.41) is 12.4. The normalized spacial score (nSPS) is 15.9. The molecule has 0 aliphatic heterocycles. The Morgan fingerprint density at radius 2 is 1.62 bits per heavy atom. The Morgan fingerprint density at radius 3 is 2.19 bits per heavy atom. The van der Waals surface area contributed by atoms with E-state index in [1.54, 1.807) is 45.0 Å². The maximum Gasteiger partial charge on any atom is 0.300 e. The van der Waals surface area contributed by atoms with Crippen molar-refractivity contribution in [1.82, 2.24) is 0 Å². The zero-order valence-corrected chi connectivity index (χ0v) is 13.2. The minimum absolute atomic E-state index is 0.204. The number of benzene rings is 2. The van der Waals surface area contributed by atoms with Crippen LogP contribution in [0.2, 0.25) is 0 Å². The summed E-state index contributed by atoms with van der Waals surface area (Å²) < 4.78 is 33.8. The number of fused-ring (bicyclic) bond motifs is 1. The number of rotatable bonds is 4. The van der Waals surface area contributed by atoms with Crippen molar-refractivity contribution < 1.29 is 18.1 Å². The molecule has 4 nitrogen and oxygen atoms in total. The third kappa shape index (κ3) is 2.35. The number of aliphatic hydroxyl groups is 1. The van der Waals surface area contributed by atoms with E-state index in [1.807, 2.05) is 18.2 Å². The molecule has 2 aromatic carbocycles. The van der Waals surface area contributed by atoms with Crippen molar-refractivity contribution in [2.75, 3.05) is 0 Å². The fourth-order valence-corrected chi connectivity index (χ4v) is 3.91. The van der Waals surface area contributed by atoms with E-state index in [2.05, 4.69) is 0 Å². The highest BCUT2D eigenvalue weighted by Crippen LogP contribution is 2.47. The largest absolute Gasteiger partial charge is 0.369 e. The van der Waals surface area contributed by atoms with Gasteiger partial charge in [0, 0.05) is 11.0 Å². The first-order valence-corrected chi connectivity index (χ1v) is 8.27. The summed E-state index contributed by atoms with van der Waals surface area (Å²) >= 11 is 0. The maximum absolute atomic E-state index is 12.0. The van der Waals surface area contributed by atoms with Crippen molar-refractivity contribution in [3.63, 3.8) is 0 Å². The van der Waals surface area contributed by atoms with E-state index in [-0.39, 0.29) is 5.56 Å². The summed E-state index contributed by atoms with van der Waals surface area (Å²) in [5.41, 5.74) is -0.847. The van der Waals surface area contributed by atoms with Crippen molar-refractivity contribution in [2.24, 2.45) is 5.41 Å². The van der Waals surface area contributed by atoms with E-state index in [9.17, 15) is 18.1 Å². The van der Waals surface area contributed by atoms with E-state index in [4.69, 9.17) is 0 Å². The van der Waals surface area contributed by atoms with Crippen LogP contribution in [0.1, 0.15) is 32.8 Å². The van der Waals surface area contributed by atoms with E-state index >= 15 is 0 Å². The first-order chi connectivity index (χ1) is 9.65. The molecule has 0 aliphatic rings. The van der Waals surface area contributed by atoms with Gasteiger partial charge in [-0.1, -0.05) is 63.2 Å². The SMILES string of the molecule is CCC(C)(C)C(O)(c1cccc2ccccc12)S(=O)(=O)O. The van der Waals surface area contributed by atoms with E-state index < -0.39 is 20.5 Å². The molecule has 0 spiro atoms. The molecule has 1 atom stereocenters. The minimum Gasteiger partial charge on any atom is -0.369 e. The molecule has 21 heavy (non-hydrogen) atoms. The van der Waals surface area contributed by atoms with Crippen LogP contribution in [0.3, 0.4) is 0 Å². The molecule has 0 amide bonds. The van der Waals surface area contributed by atoms with Gasteiger partial charge in [-0.15, -0.1) is 0 Å². The molecule has 0 aromatic heterocycles. The Bertz CT molecular complexity index is 759. The molecule has 5 heteroatoms. The summed E-state index contributed by atoms with van der Waals surface area (Å²) in [6.07, 6.45) is 0.381. The highest BCUT2D eigenvalue weighted by Gasteiger charge is 2.54. The van der Waals surface area contributed by atoms with Crippen molar-refractivity contribution in [3.8, 4) is 0 Å². The number of hydrogen-bond donors (Lipinski definition) is 2. The average molecular weight is 308 g/mol. The summed E-state index contributed by atoms with van der Waals surface area (Å²) in [4.78, 5) is -2.37. The Labute approximate surface area is 125 Å². The van der Waals surface area contributed by atoms with Crippen LogP contribution >= 0.6 is 0 Å². The molecule has 0 bridgehead atoms. The molecule has 0 saturated carbocycles. The molecule has 0 heterocycles. The van der Waals surface area contributed by atoms with E-state index in [0.29, 0.717) is 11.8 Å². The van der Waals surface area contributed by atoms with Crippen molar-refractivity contribution in [3.05, 3.63) is 48.0 Å². The lowest BCUT2D eigenvalue weighted by Crippen LogP contribution is -2.48. The molecule has 0 aliphatic carbocycles. The average Bonchev–Trinajstić information content (AvgIpc) is 2.44. The third-order valence-electron chi connectivity index (χ3n) is 4.33. The molecule has 2 aromatic rings. The van der Waals surface area contributed by atoms with Gasteiger partial charge >= 0.3 is 0 Å². The lowest BCUT2D eigenvalue weighted by Gasteiger charge is -2.40. The first-order valence-electron chi connectivity index (χ1n) is 6.83. The predicted octanol–water partition coefficient (Wildman–Crippen LogP) is 3.31. The van der Waals surface area contributed by atoms with Gasteiger partial charge in [0.2, 0.25) is 4.93 Å². The van der Waals surface area contributed by atoms with Crippen molar-refractivity contribution in [1.29, 1.82) is 0 Å². The molecule has 0 saturated heterocycles. The Morgan fingerprint density at radius 1 is 1.05 bits per heavy atom. The Hall–Kier alpha value is -1.43.